The van der Waals surface area contributed by atoms with Crippen molar-refractivity contribution in [3.63, 3.8) is 0 Å². The minimum absolute atomic E-state index is 0.0666. The Bertz CT molecular complexity index is 1190. The third-order valence-electron chi connectivity index (χ3n) is 8.02. The highest BCUT2D eigenvalue weighted by Crippen LogP contribution is 2.37. The van der Waals surface area contributed by atoms with E-state index < -0.39 is 0 Å². The predicted molar refractivity (Wildman–Crippen MR) is 150 cm³/mol. The molecule has 11 heteroatoms. The van der Waals surface area contributed by atoms with Crippen molar-refractivity contribution in [1.82, 2.24) is 20.2 Å². The smallest absolute Gasteiger partial charge is 0.251 e. The van der Waals surface area contributed by atoms with E-state index in [0.717, 1.165) is 50.4 Å². The summed E-state index contributed by atoms with van der Waals surface area (Å²) in [5.41, 5.74) is 1.91. The van der Waals surface area contributed by atoms with E-state index in [4.69, 9.17) is 14.5 Å². The van der Waals surface area contributed by atoms with Crippen molar-refractivity contribution in [3.8, 4) is 5.75 Å². The number of benzene rings is 1. The normalized spacial score (nSPS) is 20.2. The van der Waals surface area contributed by atoms with Gasteiger partial charge >= 0.3 is 0 Å². The van der Waals surface area contributed by atoms with Crippen LogP contribution in [0, 0.1) is 0 Å². The Balaban J connectivity index is 1.31. The molecule has 3 heterocycles. The number of ether oxygens (including phenoxy) is 2. The maximum Gasteiger partial charge on any atom is 0.251 e. The number of nitrogens with one attached hydrogen (secondary N) is 2. The van der Waals surface area contributed by atoms with Gasteiger partial charge in [0.1, 0.15) is 11.4 Å². The predicted octanol–water partition coefficient (Wildman–Crippen LogP) is 2.79. The van der Waals surface area contributed by atoms with Crippen LogP contribution in [0.4, 0.5) is 23.1 Å². The van der Waals surface area contributed by atoms with Crippen LogP contribution in [-0.2, 0) is 9.53 Å². The number of aromatic nitrogens is 2. The first kappa shape index (κ1) is 27.1. The molecular formula is C28H39N7O4. The lowest BCUT2D eigenvalue weighted by atomic mass is 10.1. The number of nitrogens with zero attached hydrogens (tertiary/aromatic N) is 5. The molecule has 1 aliphatic carbocycles. The van der Waals surface area contributed by atoms with Crippen LogP contribution in [0.25, 0.3) is 0 Å². The fraction of sp³-hybridized carbons (Fsp3) is 0.571. The maximum absolute atomic E-state index is 13.0. The second kappa shape index (κ2) is 12.2. The van der Waals surface area contributed by atoms with Crippen molar-refractivity contribution in [2.24, 2.45) is 0 Å². The highest BCUT2D eigenvalue weighted by atomic mass is 16.5. The van der Waals surface area contributed by atoms with E-state index in [1.165, 1.54) is 12.8 Å². The minimum atomic E-state index is -0.125. The zero-order valence-corrected chi connectivity index (χ0v) is 23.1. The van der Waals surface area contributed by atoms with Gasteiger partial charge in [0.25, 0.3) is 5.91 Å². The van der Waals surface area contributed by atoms with Crippen LogP contribution in [-0.4, -0.2) is 92.8 Å². The standard InChI is InChI=1S/C28H39N7O4/c1-33-23-17-29-28(32-26(23)35(13-11-25(33)36)21-6-4-5-7-21)31-22-9-8-19(16-24(22)39-3)27(37)30-20-10-12-34(18-20)14-15-38-2/h8-9,16-17,20-21H,4-7,10-15,18H2,1-3H3,(H,30,37)(H,29,31,32)/t20-/m1/s1. The molecule has 1 aromatic carbocycles. The molecule has 2 aromatic rings. The van der Waals surface area contributed by atoms with Crippen molar-refractivity contribution in [1.29, 1.82) is 0 Å². The Morgan fingerprint density at radius 1 is 1.15 bits per heavy atom. The number of carbonyl (C=O) groups is 2. The van der Waals surface area contributed by atoms with Gasteiger partial charge in [-0.05, 0) is 37.5 Å². The summed E-state index contributed by atoms with van der Waals surface area (Å²) in [5, 5.41) is 6.41. The summed E-state index contributed by atoms with van der Waals surface area (Å²) < 4.78 is 10.8. The average molecular weight is 538 g/mol. The van der Waals surface area contributed by atoms with Gasteiger partial charge in [-0.3, -0.25) is 14.5 Å². The molecule has 0 radical (unpaired) electrons. The zero-order chi connectivity index (χ0) is 27.4. The lowest BCUT2D eigenvalue weighted by molar-refractivity contribution is -0.118. The summed E-state index contributed by atoms with van der Waals surface area (Å²) in [4.78, 5) is 41.2. The van der Waals surface area contributed by atoms with Gasteiger partial charge in [0.15, 0.2) is 5.82 Å². The third kappa shape index (κ3) is 6.09. The molecule has 1 saturated carbocycles. The van der Waals surface area contributed by atoms with E-state index in [-0.39, 0.29) is 17.9 Å². The van der Waals surface area contributed by atoms with Crippen LogP contribution in [0.1, 0.15) is 48.9 Å². The van der Waals surface area contributed by atoms with Gasteiger partial charge in [-0.15, -0.1) is 0 Å². The molecule has 210 valence electrons. The lowest BCUT2D eigenvalue weighted by Crippen LogP contribution is -2.37. The van der Waals surface area contributed by atoms with Crippen LogP contribution in [0.2, 0.25) is 0 Å². The zero-order valence-electron chi connectivity index (χ0n) is 23.1. The van der Waals surface area contributed by atoms with Gasteiger partial charge in [-0.2, -0.15) is 4.98 Å². The Morgan fingerprint density at radius 3 is 2.74 bits per heavy atom. The van der Waals surface area contributed by atoms with Crippen LogP contribution in [0.3, 0.4) is 0 Å². The molecular weight excluding hydrogens is 498 g/mol. The molecule has 1 aromatic heterocycles. The number of anilines is 4. The summed E-state index contributed by atoms with van der Waals surface area (Å²) >= 11 is 0. The molecule has 0 unspecified atom stereocenters. The number of hydrogen-bond donors (Lipinski definition) is 2. The van der Waals surface area contributed by atoms with Crippen LogP contribution < -0.4 is 25.2 Å². The number of fused-ring (bicyclic) bond motifs is 1. The summed E-state index contributed by atoms with van der Waals surface area (Å²) in [5.74, 6) is 1.65. The molecule has 3 aliphatic rings. The topological polar surface area (TPSA) is 112 Å². The van der Waals surface area contributed by atoms with E-state index in [1.54, 1.807) is 44.5 Å². The molecule has 2 aliphatic heterocycles. The summed E-state index contributed by atoms with van der Waals surface area (Å²) in [6, 6.07) is 5.81. The number of likely N-dealkylation sites (tertiary alicyclic amines) is 1. The number of methoxy groups -OCH3 is 2. The molecule has 5 rings (SSSR count). The number of amides is 2. The first-order valence-electron chi connectivity index (χ1n) is 13.8. The van der Waals surface area contributed by atoms with Gasteiger partial charge in [-0.25, -0.2) is 4.98 Å². The molecule has 0 bridgehead atoms. The highest BCUT2D eigenvalue weighted by molar-refractivity contribution is 5.97. The van der Waals surface area contributed by atoms with Crippen molar-refractivity contribution in [2.75, 3.05) is 69.2 Å². The SMILES string of the molecule is COCCN1CC[C@@H](NC(=O)c2ccc(Nc3ncc4c(n3)N(C3CCCC3)CCC(=O)N4C)c(OC)c2)C1. The Kier molecular flexibility index (Phi) is 8.47. The molecule has 0 spiro atoms. The second-order valence-electron chi connectivity index (χ2n) is 10.5. The van der Waals surface area contributed by atoms with Crippen molar-refractivity contribution < 1.29 is 19.1 Å². The number of carbonyl (C=O) groups excluding carboxylic acids is 2. The quantitative estimate of drug-likeness (QED) is 0.499. The maximum atomic E-state index is 13.0. The molecule has 11 nitrogen and oxygen atoms in total. The van der Waals surface area contributed by atoms with Crippen molar-refractivity contribution in [3.05, 3.63) is 30.0 Å². The van der Waals surface area contributed by atoms with E-state index in [2.05, 4.69) is 25.4 Å². The van der Waals surface area contributed by atoms with Gasteiger partial charge in [0, 0.05) is 64.4 Å². The lowest BCUT2D eigenvalue weighted by Gasteiger charge is -2.30. The molecule has 39 heavy (non-hydrogen) atoms. The van der Waals surface area contributed by atoms with Crippen LogP contribution in [0.5, 0.6) is 5.75 Å². The van der Waals surface area contributed by atoms with E-state index in [9.17, 15) is 9.59 Å². The first-order chi connectivity index (χ1) is 19.0. The van der Waals surface area contributed by atoms with E-state index in [0.29, 0.717) is 48.6 Å². The molecule has 2 fully saturated rings. The van der Waals surface area contributed by atoms with Crippen LogP contribution >= 0.6 is 0 Å². The molecule has 1 atom stereocenters. The Morgan fingerprint density at radius 2 is 1.97 bits per heavy atom. The average Bonchev–Trinajstić information content (AvgIpc) is 3.62. The highest BCUT2D eigenvalue weighted by Gasteiger charge is 2.32. The van der Waals surface area contributed by atoms with E-state index >= 15 is 0 Å². The van der Waals surface area contributed by atoms with Crippen molar-refractivity contribution >= 4 is 35.0 Å². The van der Waals surface area contributed by atoms with Gasteiger partial charge in [0.2, 0.25) is 11.9 Å². The summed E-state index contributed by atoms with van der Waals surface area (Å²) in [7, 11) is 5.06. The van der Waals surface area contributed by atoms with Gasteiger partial charge in [-0.1, -0.05) is 12.8 Å². The van der Waals surface area contributed by atoms with Crippen LogP contribution in [0.15, 0.2) is 24.4 Å². The summed E-state index contributed by atoms with van der Waals surface area (Å²) in [6.45, 7) is 3.97. The van der Waals surface area contributed by atoms with Crippen molar-refractivity contribution in [2.45, 2.75) is 50.6 Å². The number of rotatable bonds is 9. The van der Waals surface area contributed by atoms with E-state index in [1.807, 2.05) is 6.07 Å². The largest absolute Gasteiger partial charge is 0.495 e. The molecule has 1 saturated heterocycles. The summed E-state index contributed by atoms with van der Waals surface area (Å²) in [6.07, 6.45) is 7.68. The fourth-order valence-corrected chi connectivity index (χ4v) is 5.77. The second-order valence-corrected chi connectivity index (χ2v) is 10.5. The monoisotopic (exact) mass is 537 g/mol. The Labute approximate surface area is 229 Å². The minimum Gasteiger partial charge on any atom is -0.495 e. The fourth-order valence-electron chi connectivity index (χ4n) is 5.77. The van der Waals surface area contributed by atoms with Gasteiger partial charge < -0.3 is 29.9 Å². The Hall–Kier alpha value is -3.44. The molecule has 2 N–H and O–H groups in total. The number of hydrogen-bond acceptors (Lipinski definition) is 9. The third-order valence-corrected chi connectivity index (χ3v) is 8.02. The van der Waals surface area contributed by atoms with Gasteiger partial charge in [0.05, 0.1) is 25.6 Å². The molecule has 2 amide bonds. The first-order valence-corrected chi connectivity index (χ1v) is 13.8.